The molecule has 0 saturated carbocycles. The minimum absolute atomic E-state index is 0.304. The number of halogens is 2. The van der Waals surface area contributed by atoms with Crippen LogP contribution in [-0.4, -0.2) is 29.9 Å². The van der Waals surface area contributed by atoms with Gasteiger partial charge in [-0.25, -0.2) is 4.39 Å². The predicted octanol–water partition coefficient (Wildman–Crippen LogP) is 4.28. The number of aryl methyl sites for hydroxylation is 1. The first-order chi connectivity index (χ1) is 12.4. The summed E-state index contributed by atoms with van der Waals surface area (Å²) >= 11 is 7.62. The number of carbonyl (C=O) groups is 2. The lowest BCUT2D eigenvalue weighted by Crippen LogP contribution is -2.44. The first-order valence-corrected chi connectivity index (χ1v) is 9.81. The van der Waals surface area contributed by atoms with Crippen molar-refractivity contribution >= 4 is 40.9 Å². The number of hydrogen-bond donors (Lipinski definition) is 2. The van der Waals surface area contributed by atoms with Crippen LogP contribution in [0.2, 0.25) is 5.02 Å². The van der Waals surface area contributed by atoms with Gasteiger partial charge in [-0.05, 0) is 55.2 Å². The van der Waals surface area contributed by atoms with Crippen molar-refractivity contribution < 1.29 is 14.0 Å². The third kappa shape index (κ3) is 5.47. The van der Waals surface area contributed by atoms with E-state index in [1.54, 1.807) is 49.0 Å². The smallest absolute Gasteiger partial charge is 0.253 e. The van der Waals surface area contributed by atoms with Crippen molar-refractivity contribution in [1.29, 1.82) is 0 Å². The number of amides is 2. The van der Waals surface area contributed by atoms with Gasteiger partial charge in [0.15, 0.2) is 0 Å². The van der Waals surface area contributed by atoms with Crippen LogP contribution in [0.25, 0.3) is 0 Å². The van der Waals surface area contributed by atoms with Gasteiger partial charge in [0.1, 0.15) is 11.9 Å². The molecule has 26 heavy (non-hydrogen) atoms. The zero-order chi connectivity index (χ0) is 19.1. The second-order valence-corrected chi connectivity index (χ2v) is 7.13. The predicted molar refractivity (Wildman–Crippen MR) is 105 cm³/mol. The van der Waals surface area contributed by atoms with Crippen LogP contribution in [0, 0.1) is 12.7 Å². The van der Waals surface area contributed by atoms with E-state index in [2.05, 4.69) is 10.6 Å². The third-order valence-corrected chi connectivity index (χ3v) is 4.78. The summed E-state index contributed by atoms with van der Waals surface area (Å²) in [6.45, 7) is 1.77. The largest absolute Gasteiger partial charge is 0.340 e. The lowest BCUT2D eigenvalue weighted by Gasteiger charge is -2.19. The first kappa shape index (κ1) is 20.3. The molecule has 2 aromatic carbocycles. The SMILES string of the molecule is CSCCC(NC(=O)c1ccccc1Cl)C(=O)Nc1cc(F)ccc1C. The minimum atomic E-state index is -0.756. The van der Waals surface area contributed by atoms with E-state index in [4.69, 9.17) is 11.6 Å². The van der Waals surface area contributed by atoms with E-state index >= 15 is 0 Å². The molecular formula is C19H20ClFN2O2S. The van der Waals surface area contributed by atoms with Crippen molar-refractivity contribution in [3.05, 3.63) is 64.4 Å². The fraction of sp³-hybridized carbons (Fsp3) is 0.263. The Morgan fingerprint density at radius 2 is 1.96 bits per heavy atom. The second kappa shape index (κ2) is 9.59. The molecule has 0 fully saturated rings. The maximum absolute atomic E-state index is 13.4. The number of thioether (sulfide) groups is 1. The van der Waals surface area contributed by atoms with E-state index in [-0.39, 0.29) is 0 Å². The van der Waals surface area contributed by atoms with Crippen LogP contribution in [0.5, 0.6) is 0 Å². The summed E-state index contributed by atoms with van der Waals surface area (Å²) in [7, 11) is 0. The number of rotatable bonds is 7. The molecule has 2 rings (SSSR count). The van der Waals surface area contributed by atoms with Gasteiger partial charge >= 0.3 is 0 Å². The van der Waals surface area contributed by atoms with Gasteiger partial charge in [-0.2, -0.15) is 11.8 Å². The molecule has 0 aliphatic rings. The fourth-order valence-electron chi connectivity index (χ4n) is 2.33. The van der Waals surface area contributed by atoms with Crippen LogP contribution in [0.3, 0.4) is 0 Å². The lowest BCUT2D eigenvalue weighted by molar-refractivity contribution is -0.118. The Labute approximate surface area is 161 Å². The second-order valence-electron chi connectivity index (χ2n) is 5.74. The van der Waals surface area contributed by atoms with Crippen LogP contribution < -0.4 is 10.6 Å². The number of benzene rings is 2. The first-order valence-electron chi connectivity index (χ1n) is 8.03. The van der Waals surface area contributed by atoms with Gasteiger partial charge in [-0.15, -0.1) is 0 Å². The fourth-order valence-corrected chi connectivity index (χ4v) is 3.03. The Balaban J connectivity index is 2.15. The summed E-state index contributed by atoms with van der Waals surface area (Å²) in [5.74, 6) is -0.573. The van der Waals surface area contributed by atoms with Crippen LogP contribution in [-0.2, 0) is 4.79 Å². The molecule has 138 valence electrons. The van der Waals surface area contributed by atoms with E-state index in [1.807, 2.05) is 6.26 Å². The topological polar surface area (TPSA) is 58.2 Å². The molecular weight excluding hydrogens is 375 g/mol. The highest BCUT2D eigenvalue weighted by atomic mass is 35.5. The van der Waals surface area contributed by atoms with Crippen LogP contribution in [0.1, 0.15) is 22.3 Å². The number of nitrogens with one attached hydrogen (secondary N) is 2. The van der Waals surface area contributed by atoms with E-state index in [0.29, 0.717) is 28.4 Å². The zero-order valence-corrected chi connectivity index (χ0v) is 16.1. The average molecular weight is 395 g/mol. The standard InChI is InChI=1S/C19H20ClFN2O2S/c1-12-7-8-13(21)11-17(12)23-19(25)16(9-10-26-2)22-18(24)14-5-3-4-6-15(14)20/h3-8,11,16H,9-10H2,1-2H3,(H,22,24)(H,23,25). The Kier molecular flexibility index (Phi) is 7.48. The maximum Gasteiger partial charge on any atom is 0.253 e. The van der Waals surface area contributed by atoms with Gasteiger partial charge in [0.2, 0.25) is 5.91 Å². The summed E-state index contributed by atoms with van der Waals surface area (Å²) in [4.78, 5) is 25.1. The average Bonchev–Trinajstić information content (AvgIpc) is 2.61. The molecule has 1 unspecified atom stereocenters. The quantitative estimate of drug-likeness (QED) is 0.737. The highest BCUT2D eigenvalue weighted by molar-refractivity contribution is 7.98. The Hall–Kier alpha value is -2.05. The minimum Gasteiger partial charge on any atom is -0.340 e. The van der Waals surface area contributed by atoms with Gasteiger partial charge in [0.05, 0.1) is 10.6 Å². The summed E-state index contributed by atoms with van der Waals surface area (Å²) in [6.07, 6.45) is 2.36. The third-order valence-electron chi connectivity index (χ3n) is 3.81. The molecule has 4 nitrogen and oxygen atoms in total. The molecule has 0 aliphatic carbocycles. The Morgan fingerprint density at radius 1 is 1.23 bits per heavy atom. The van der Waals surface area contributed by atoms with E-state index in [9.17, 15) is 14.0 Å². The molecule has 1 atom stereocenters. The van der Waals surface area contributed by atoms with Crippen LogP contribution in [0.4, 0.5) is 10.1 Å². The maximum atomic E-state index is 13.4. The van der Waals surface area contributed by atoms with Crippen LogP contribution in [0.15, 0.2) is 42.5 Å². The molecule has 0 bridgehead atoms. The molecule has 2 amide bonds. The van der Waals surface area contributed by atoms with Gasteiger partial charge in [-0.3, -0.25) is 9.59 Å². The normalized spacial score (nSPS) is 11.7. The van der Waals surface area contributed by atoms with Crippen molar-refractivity contribution in [2.75, 3.05) is 17.3 Å². The Bertz CT molecular complexity index is 801. The summed E-state index contributed by atoms with van der Waals surface area (Å²) < 4.78 is 13.4. The monoisotopic (exact) mass is 394 g/mol. The summed E-state index contributed by atoms with van der Waals surface area (Å²) in [5.41, 5.74) is 1.43. The van der Waals surface area contributed by atoms with Crippen molar-refractivity contribution in [2.45, 2.75) is 19.4 Å². The molecule has 2 aromatic rings. The van der Waals surface area contributed by atoms with E-state index in [0.717, 1.165) is 5.56 Å². The number of anilines is 1. The van der Waals surface area contributed by atoms with Crippen molar-refractivity contribution in [3.8, 4) is 0 Å². The van der Waals surface area contributed by atoms with Gasteiger partial charge < -0.3 is 10.6 Å². The van der Waals surface area contributed by atoms with Gasteiger partial charge in [-0.1, -0.05) is 29.8 Å². The molecule has 0 heterocycles. The summed E-state index contributed by atoms with van der Waals surface area (Å²) in [6, 6.07) is 10.1. The molecule has 0 aliphatic heterocycles. The Morgan fingerprint density at radius 3 is 2.65 bits per heavy atom. The number of carbonyl (C=O) groups excluding carboxylic acids is 2. The van der Waals surface area contributed by atoms with Crippen molar-refractivity contribution in [1.82, 2.24) is 5.32 Å². The van der Waals surface area contributed by atoms with E-state index < -0.39 is 23.7 Å². The van der Waals surface area contributed by atoms with Crippen LogP contribution >= 0.6 is 23.4 Å². The molecule has 0 saturated heterocycles. The molecule has 0 spiro atoms. The highest BCUT2D eigenvalue weighted by Crippen LogP contribution is 2.18. The molecule has 0 radical (unpaired) electrons. The molecule has 0 aromatic heterocycles. The van der Waals surface area contributed by atoms with Crippen molar-refractivity contribution in [2.24, 2.45) is 0 Å². The van der Waals surface area contributed by atoms with Crippen molar-refractivity contribution in [3.63, 3.8) is 0 Å². The molecule has 2 N–H and O–H groups in total. The van der Waals surface area contributed by atoms with Gasteiger partial charge in [0, 0.05) is 5.69 Å². The summed E-state index contributed by atoms with van der Waals surface area (Å²) in [5, 5.41) is 5.73. The number of hydrogen-bond acceptors (Lipinski definition) is 3. The zero-order valence-electron chi connectivity index (χ0n) is 14.5. The highest BCUT2D eigenvalue weighted by Gasteiger charge is 2.22. The molecule has 7 heteroatoms. The van der Waals surface area contributed by atoms with E-state index in [1.165, 1.54) is 12.1 Å². The lowest BCUT2D eigenvalue weighted by atomic mass is 10.1. The van der Waals surface area contributed by atoms with Gasteiger partial charge in [0.25, 0.3) is 5.91 Å².